The van der Waals surface area contributed by atoms with Crippen LogP contribution in [0.2, 0.25) is 0 Å². The van der Waals surface area contributed by atoms with Crippen LogP contribution in [-0.2, 0) is 4.79 Å². The largest absolute Gasteiger partial charge is 0.325 e. The van der Waals surface area contributed by atoms with Crippen LogP contribution in [0.4, 0.5) is 15.8 Å². The Morgan fingerprint density at radius 3 is 2.19 bits per heavy atom. The minimum absolute atomic E-state index is 0.0368. The molecular formula is C19H22FN3O3. The summed E-state index contributed by atoms with van der Waals surface area (Å²) in [5, 5.41) is 16.5. The summed E-state index contributed by atoms with van der Waals surface area (Å²) in [6.45, 7) is 6.14. The highest BCUT2D eigenvalue weighted by atomic mass is 19.1. The van der Waals surface area contributed by atoms with Crippen LogP contribution in [0.15, 0.2) is 48.5 Å². The molecule has 0 bridgehead atoms. The fourth-order valence-corrected chi connectivity index (χ4v) is 2.65. The smallest absolute Gasteiger partial charge is 0.269 e. The fourth-order valence-electron chi connectivity index (χ4n) is 2.65. The topological polar surface area (TPSA) is 84.3 Å². The molecule has 0 saturated carbocycles. The molecule has 0 aliphatic carbocycles. The first kappa shape index (κ1) is 19.5. The van der Waals surface area contributed by atoms with Crippen LogP contribution in [0.1, 0.15) is 32.4 Å². The molecule has 0 fully saturated rings. The lowest BCUT2D eigenvalue weighted by Gasteiger charge is -2.32. The van der Waals surface area contributed by atoms with Gasteiger partial charge in [-0.05, 0) is 35.2 Å². The molecule has 26 heavy (non-hydrogen) atoms. The van der Waals surface area contributed by atoms with Crippen molar-refractivity contribution in [2.75, 3.05) is 11.9 Å². The van der Waals surface area contributed by atoms with Gasteiger partial charge in [-0.3, -0.25) is 14.9 Å². The third-order valence-corrected chi connectivity index (χ3v) is 3.90. The number of anilines is 1. The number of hydrogen-bond donors (Lipinski definition) is 2. The van der Waals surface area contributed by atoms with E-state index in [-0.39, 0.29) is 35.4 Å². The number of amides is 1. The van der Waals surface area contributed by atoms with Crippen LogP contribution < -0.4 is 10.6 Å². The van der Waals surface area contributed by atoms with Gasteiger partial charge in [-0.15, -0.1) is 0 Å². The Labute approximate surface area is 151 Å². The van der Waals surface area contributed by atoms with Crippen LogP contribution in [0.25, 0.3) is 0 Å². The van der Waals surface area contributed by atoms with E-state index in [0.717, 1.165) is 5.56 Å². The zero-order valence-electron chi connectivity index (χ0n) is 15.0. The lowest BCUT2D eigenvalue weighted by atomic mass is 9.82. The van der Waals surface area contributed by atoms with E-state index in [1.807, 2.05) is 20.8 Å². The number of carbonyl (C=O) groups is 1. The molecule has 2 aromatic rings. The van der Waals surface area contributed by atoms with Crippen LogP contribution >= 0.6 is 0 Å². The predicted octanol–water partition coefficient (Wildman–Crippen LogP) is 4.05. The maximum atomic E-state index is 13.2. The first-order valence-electron chi connectivity index (χ1n) is 8.20. The van der Waals surface area contributed by atoms with Crippen LogP contribution in [-0.4, -0.2) is 17.4 Å². The van der Waals surface area contributed by atoms with Gasteiger partial charge in [0.05, 0.1) is 11.5 Å². The molecule has 2 N–H and O–H groups in total. The number of benzene rings is 2. The molecule has 0 aliphatic heterocycles. The molecule has 0 aliphatic rings. The number of nitro groups is 1. The number of rotatable bonds is 6. The first-order chi connectivity index (χ1) is 12.2. The summed E-state index contributed by atoms with van der Waals surface area (Å²) in [6, 6.07) is 11.7. The summed E-state index contributed by atoms with van der Waals surface area (Å²) in [5.41, 5.74) is 1.15. The second-order valence-electron chi connectivity index (χ2n) is 7.08. The molecule has 7 heteroatoms. The highest BCUT2D eigenvalue weighted by Crippen LogP contribution is 2.32. The number of hydrogen-bond acceptors (Lipinski definition) is 4. The molecule has 0 spiro atoms. The van der Waals surface area contributed by atoms with E-state index in [2.05, 4.69) is 10.6 Å². The SMILES string of the molecule is CC(C)(C)C(NCC(=O)Nc1ccc([N+](=O)[O-])cc1)c1ccc(F)cc1. The second-order valence-corrected chi connectivity index (χ2v) is 7.08. The van der Waals surface area contributed by atoms with E-state index in [0.29, 0.717) is 5.69 Å². The van der Waals surface area contributed by atoms with Crippen molar-refractivity contribution in [3.05, 3.63) is 70.0 Å². The monoisotopic (exact) mass is 359 g/mol. The average molecular weight is 359 g/mol. The average Bonchev–Trinajstić information content (AvgIpc) is 2.56. The normalized spacial score (nSPS) is 12.5. The zero-order valence-corrected chi connectivity index (χ0v) is 15.0. The van der Waals surface area contributed by atoms with Crippen LogP contribution in [0, 0.1) is 21.3 Å². The third kappa shape index (κ3) is 5.35. The van der Waals surface area contributed by atoms with E-state index in [4.69, 9.17) is 0 Å². The third-order valence-electron chi connectivity index (χ3n) is 3.90. The number of nitro benzene ring substituents is 1. The highest BCUT2D eigenvalue weighted by Gasteiger charge is 2.26. The lowest BCUT2D eigenvalue weighted by Crippen LogP contribution is -2.37. The molecule has 0 radical (unpaired) electrons. The minimum atomic E-state index is -0.496. The summed E-state index contributed by atoms with van der Waals surface area (Å²) in [5.74, 6) is -0.576. The quantitative estimate of drug-likeness (QED) is 0.602. The zero-order chi connectivity index (χ0) is 19.3. The Morgan fingerprint density at radius 2 is 1.69 bits per heavy atom. The van der Waals surface area contributed by atoms with E-state index in [1.54, 1.807) is 12.1 Å². The number of nitrogens with zero attached hydrogens (tertiary/aromatic N) is 1. The van der Waals surface area contributed by atoms with Gasteiger partial charge in [-0.25, -0.2) is 4.39 Å². The molecule has 1 amide bonds. The Kier molecular flexibility index (Phi) is 6.05. The van der Waals surface area contributed by atoms with Gasteiger partial charge >= 0.3 is 0 Å². The van der Waals surface area contributed by atoms with Crippen molar-refractivity contribution in [2.24, 2.45) is 5.41 Å². The second kappa shape index (κ2) is 8.05. The standard InChI is InChI=1S/C19H22FN3O3/c1-19(2,3)18(13-4-6-14(20)7-5-13)21-12-17(24)22-15-8-10-16(11-9-15)23(25)26/h4-11,18,21H,12H2,1-3H3,(H,22,24). The Morgan fingerprint density at radius 1 is 1.12 bits per heavy atom. The van der Waals surface area contributed by atoms with Gasteiger partial charge in [0.15, 0.2) is 0 Å². The first-order valence-corrected chi connectivity index (χ1v) is 8.20. The van der Waals surface area contributed by atoms with E-state index in [9.17, 15) is 19.3 Å². The van der Waals surface area contributed by atoms with Gasteiger partial charge in [-0.2, -0.15) is 0 Å². The van der Waals surface area contributed by atoms with E-state index >= 15 is 0 Å². The van der Waals surface area contributed by atoms with Gasteiger partial charge < -0.3 is 10.6 Å². The molecule has 0 saturated heterocycles. The Hall–Kier alpha value is -2.80. The van der Waals surface area contributed by atoms with Crippen molar-refractivity contribution in [2.45, 2.75) is 26.8 Å². The van der Waals surface area contributed by atoms with E-state index in [1.165, 1.54) is 36.4 Å². The fraction of sp³-hybridized carbons (Fsp3) is 0.316. The maximum absolute atomic E-state index is 13.2. The highest BCUT2D eigenvalue weighted by molar-refractivity contribution is 5.92. The number of nitrogens with one attached hydrogen (secondary N) is 2. The van der Waals surface area contributed by atoms with Crippen molar-refractivity contribution in [1.82, 2.24) is 5.32 Å². The van der Waals surface area contributed by atoms with Crippen molar-refractivity contribution in [1.29, 1.82) is 0 Å². The van der Waals surface area contributed by atoms with Crippen molar-refractivity contribution in [3.8, 4) is 0 Å². The molecule has 1 unspecified atom stereocenters. The van der Waals surface area contributed by atoms with Gasteiger partial charge in [0, 0.05) is 23.9 Å². The number of carbonyl (C=O) groups excluding carboxylic acids is 1. The summed E-state index contributed by atoms with van der Waals surface area (Å²) in [7, 11) is 0. The molecule has 6 nitrogen and oxygen atoms in total. The van der Waals surface area contributed by atoms with Gasteiger partial charge in [0.25, 0.3) is 5.69 Å². The molecule has 1 atom stereocenters. The predicted molar refractivity (Wildman–Crippen MR) is 98.3 cm³/mol. The van der Waals surface area contributed by atoms with Gasteiger partial charge in [0.1, 0.15) is 5.82 Å². The lowest BCUT2D eigenvalue weighted by molar-refractivity contribution is -0.384. The van der Waals surface area contributed by atoms with Crippen molar-refractivity contribution in [3.63, 3.8) is 0 Å². The molecule has 0 aromatic heterocycles. The summed E-state index contributed by atoms with van der Waals surface area (Å²) in [6.07, 6.45) is 0. The minimum Gasteiger partial charge on any atom is -0.325 e. The summed E-state index contributed by atoms with van der Waals surface area (Å²) >= 11 is 0. The molecule has 0 heterocycles. The molecule has 2 rings (SSSR count). The van der Waals surface area contributed by atoms with Gasteiger partial charge in [-0.1, -0.05) is 32.9 Å². The number of halogens is 1. The van der Waals surface area contributed by atoms with Crippen LogP contribution in [0.5, 0.6) is 0 Å². The molecule has 138 valence electrons. The van der Waals surface area contributed by atoms with E-state index < -0.39 is 4.92 Å². The number of non-ortho nitro benzene ring substituents is 1. The molecular weight excluding hydrogens is 337 g/mol. The van der Waals surface area contributed by atoms with Crippen molar-refractivity contribution < 1.29 is 14.1 Å². The molecule has 2 aromatic carbocycles. The maximum Gasteiger partial charge on any atom is 0.269 e. The summed E-state index contributed by atoms with van der Waals surface area (Å²) in [4.78, 5) is 22.3. The van der Waals surface area contributed by atoms with Gasteiger partial charge in [0.2, 0.25) is 5.91 Å². The summed E-state index contributed by atoms with van der Waals surface area (Å²) < 4.78 is 13.2. The van der Waals surface area contributed by atoms with Crippen molar-refractivity contribution >= 4 is 17.3 Å². The Bertz CT molecular complexity index is 768. The van der Waals surface area contributed by atoms with Crippen LogP contribution in [0.3, 0.4) is 0 Å². The Balaban J connectivity index is 2.00.